The SMILES string of the molecule is CCNC(=O)[C@@H](C)N(Cc1ccc(Cl)cc1)C(=O)COc1ccccc1C(C)C. The average Bonchev–Trinajstić information content (AvgIpc) is 2.71. The van der Waals surface area contributed by atoms with Gasteiger partial charge >= 0.3 is 0 Å². The number of amides is 2. The molecule has 0 heterocycles. The maximum atomic E-state index is 13.0. The van der Waals surface area contributed by atoms with Crippen molar-refractivity contribution in [3.05, 3.63) is 64.7 Å². The summed E-state index contributed by atoms with van der Waals surface area (Å²) in [6, 6.07) is 14.3. The van der Waals surface area contributed by atoms with Crippen LogP contribution in [0.1, 0.15) is 44.7 Å². The van der Waals surface area contributed by atoms with Crippen molar-refractivity contribution in [3.8, 4) is 5.75 Å². The summed E-state index contributed by atoms with van der Waals surface area (Å²) in [5.74, 6) is 0.517. The minimum Gasteiger partial charge on any atom is -0.483 e. The van der Waals surface area contributed by atoms with Crippen LogP contribution in [0.15, 0.2) is 48.5 Å². The fourth-order valence-electron chi connectivity index (χ4n) is 3.00. The molecule has 0 aliphatic carbocycles. The zero-order valence-electron chi connectivity index (χ0n) is 17.4. The van der Waals surface area contributed by atoms with Crippen LogP contribution in [0.25, 0.3) is 0 Å². The quantitative estimate of drug-likeness (QED) is 0.659. The smallest absolute Gasteiger partial charge is 0.261 e. The predicted octanol–water partition coefficient (Wildman–Crippen LogP) is 4.40. The van der Waals surface area contributed by atoms with E-state index in [1.54, 1.807) is 19.1 Å². The van der Waals surface area contributed by atoms with Crippen LogP contribution in [0.5, 0.6) is 5.75 Å². The number of hydrogen-bond donors (Lipinski definition) is 1. The van der Waals surface area contributed by atoms with E-state index < -0.39 is 6.04 Å². The van der Waals surface area contributed by atoms with Gasteiger partial charge in [0.2, 0.25) is 5.91 Å². The molecule has 0 saturated carbocycles. The Morgan fingerprint density at radius 1 is 1.07 bits per heavy atom. The Bertz CT molecular complexity index is 821. The molecule has 0 radical (unpaired) electrons. The van der Waals surface area contributed by atoms with Crippen molar-refractivity contribution in [2.45, 2.75) is 46.2 Å². The van der Waals surface area contributed by atoms with E-state index in [9.17, 15) is 9.59 Å². The molecule has 0 aromatic heterocycles. The van der Waals surface area contributed by atoms with Crippen LogP contribution in [0, 0.1) is 0 Å². The van der Waals surface area contributed by atoms with Crippen molar-refractivity contribution in [1.82, 2.24) is 10.2 Å². The van der Waals surface area contributed by atoms with Gasteiger partial charge in [0.15, 0.2) is 6.61 Å². The lowest BCUT2D eigenvalue weighted by atomic mass is 10.0. The summed E-state index contributed by atoms with van der Waals surface area (Å²) in [6.45, 7) is 8.39. The molecule has 2 aromatic rings. The number of benzene rings is 2. The Morgan fingerprint density at radius 3 is 2.34 bits per heavy atom. The summed E-state index contributed by atoms with van der Waals surface area (Å²) in [7, 11) is 0. The highest BCUT2D eigenvalue weighted by atomic mass is 35.5. The Kier molecular flexibility index (Phi) is 8.52. The Balaban J connectivity index is 2.17. The highest BCUT2D eigenvalue weighted by Gasteiger charge is 2.26. The molecule has 2 amide bonds. The molecule has 5 nitrogen and oxygen atoms in total. The van der Waals surface area contributed by atoms with E-state index >= 15 is 0 Å². The molecule has 1 atom stereocenters. The topological polar surface area (TPSA) is 58.6 Å². The second kappa shape index (κ2) is 10.9. The van der Waals surface area contributed by atoms with Gasteiger partial charge in [-0.2, -0.15) is 0 Å². The molecule has 0 aliphatic heterocycles. The van der Waals surface area contributed by atoms with E-state index in [0.29, 0.717) is 23.9 Å². The van der Waals surface area contributed by atoms with Gasteiger partial charge in [0.1, 0.15) is 11.8 Å². The van der Waals surface area contributed by atoms with Gasteiger partial charge in [-0.3, -0.25) is 9.59 Å². The van der Waals surface area contributed by atoms with E-state index in [4.69, 9.17) is 16.3 Å². The molecular formula is C23H29ClN2O3. The van der Waals surface area contributed by atoms with Gasteiger partial charge in [-0.25, -0.2) is 0 Å². The van der Waals surface area contributed by atoms with Crippen LogP contribution in [0.2, 0.25) is 5.02 Å². The largest absolute Gasteiger partial charge is 0.483 e. The third-order valence-corrected chi connectivity index (χ3v) is 4.93. The number of nitrogens with one attached hydrogen (secondary N) is 1. The summed E-state index contributed by atoms with van der Waals surface area (Å²) < 4.78 is 5.84. The van der Waals surface area contributed by atoms with Crippen LogP contribution in [-0.2, 0) is 16.1 Å². The lowest BCUT2D eigenvalue weighted by Crippen LogP contribution is -2.49. The molecule has 2 rings (SSSR count). The molecular weight excluding hydrogens is 388 g/mol. The number of nitrogens with zero attached hydrogens (tertiary/aromatic N) is 1. The summed E-state index contributed by atoms with van der Waals surface area (Å²) >= 11 is 5.96. The predicted molar refractivity (Wildman–Crippen MR) is 116 cm³/mol. The second-order valence-corrected chi connectivity index (χ2v) is 7.64. The van der Waals surface area contributed by atoms with E-state index in [1.807, 2.05) is 43.3 Å². The average molecular weight is 417 g/mol. The van der Waals surface area contributed by atoms with Crippen molar-refractivity contribution in [3.63, 3.8) is 0 Å². The molecule has 6 heteroatoms. The fraction of sp³-hybridized carbons (Fsp3) is 0.391. The van der Waals surface area contributed by atoms with Crippen LogP contribution >= 0.6 is 11.6 Å². The van der Waals surface area contributed by atoms with E-state index in [1.165, 1.54) is 4.90 Å². The first-order chi connectivity index (χ1) is 13.8. The second-order valence-electron chi connectivity index (χ2n) is 7.20. The Hall–Kier alpha value is -2.53. The van der Waals surface area contributed by atoms with E-state index in [2.05, 4.69) is 19.2 Å². The highest BCUT2D eigenvalue weighted by Crippen LogP contribution is 2.26. The molecule has 1 N–H and O–H groups in total. The minimum absolute atomic E-state index is 0.138. The molecule has 0 aliphatic rings. The summed E-state index contributed by atoms with van der Waals surface area (Å²) in [6.07, 6.45) is 0. The number of carbonyl (C=O) groups excluding carboxylic acids is 2. The molecule has 0 saturated heterocycles. The van der Waals surface area contributed by atoms with Crippen molar-refractivity contribution < 1.29 is 14.3 Å². The number of carbonyl (C=O) groups is 2. The van der Waals surface area contributed by atoms with Gasteiger partial charge in [-0.05, 0) is 49.1 Å². The molecule has 0 bridgehead atoms. The zero-order valence-corrected chi connectivity index (χ0v) is 18.2. The number of ether oxygens (including phenoxy) is 1. The first-order valence-corrected chi connectivity index (χ1v) is 10.2. The Morgan fingerprint density at radius 2 is 1.72 bits per heavy atom. The van der Waals surface area contributed by atoms with Gasteiger partial charge in [-0.15, -0.1) is 0 Å². The monoisotopic (exact) mass is 416 g/mol. The maximum absolute atomic E-state index is 13.0. The number of halogens is 1. The number of likely N-dealkylation sites (N-methyl/N-ethyl adjacent to an activating group) is 1. The highest BCUT2D eigenvalue weighted by molar-refractivity contribution is 6.30. The van der Waals surface area contributed by atoms with Crippen LogP contribution in [-0.4, -0.2) is 35.9 Å². The van der Waals surface area contributed by atoms with E-state index in [-0.39, 0.29) is 24.3 Å². The van der Waals surface area contributed by atoms with Crippen LogP contribution < -0.4 is 10.1 Å². The Labute approximate surface area is 178 Å². The molecule has 0 unspecified atom stereocenters. The lowest BCUT2D eigenvalue weighted by molar-refractivity contribution is -0.142. The van der Waals surface area contributed by atoms with Crippen LogP contribution in [0.4, 0.5) is 0 Å². The molecule has 29 heavy (non-hydrogen) atoms. The third-order valence-electron chi connectivity index (χ3n) is 4.68. The summed E-state index contributed by atoms with van der Waals surface area (Å²) in [5.41, 5.74) is 1.93. The molecule has 0 fully saturated rings. The van der Waals surface area contributed by atoms with Crippen molar-refractivity contribution in [2.75, 3.05) is 13.2 Å². The maximum Gasteiger partial charge on any atom is 0.261 e. The van der Waals surface area contributed by atoms with Gasteiger partial charge in [0.25, 0.3) is 5.91 Å². The molecule has 156 valence electrons. The molecule has 2 aromatic carbocycles. The molecule has 0 spiro atoms. The lowest BCUT2D eigenvalue weighted by Gasteiger charge is -2.29. The van der Waals surface area contributed by atoms with Crippen molar-refractivity contribution in [2.24, 2.45) is 0 Å². The normalized spacial score (nSPS) is 11.8. The van der Waals surface area contributed by atoms with Gasteiger partial charge in [0.05, 0.1) is 0 Å². The fourth-order valence-corrected chi connectivity index (χ4v) is 3.13. The summed E-state index contributed by atoms with van der Waals surface area (Å²) in [5, 5.41) is 3.40. The number of para-hydroxylation sites is 1. The minimum atomic E-state index is -0.623. The summed E-state index contributed by atoms with van der Waals surface area (Å²) in [4.78, 5) is 26.9. The number of rotatable bonds is 9. The standard InChI is InChI=1S/C23H29ClN2O3/c1-5-25-23(28)17(4)26(14-18-10-12-19(24)13-11-18)22(27)15-29-21-9-7-6-8-20(21)16(2)3/h6-13,16-17H,5,14-15H2,1-4H3,(H,25,28)/t17-/m1/s1. The zero-order chi connectivity index (χ0) is 21.4. The third kappa shape index (κ3) is 6.50. The first kappa shape index (κ1) is 22.8. The van der Waals surface area contributed by atoms with Gasteiger partial charge < -0.3 is 15.0 Å². The van der Waals surface area contributed by atoms with Crippen molar-refractivity contribution >= 4 is 23.4 Å². The number of hydrogen-bond acceptors (Lipinski definition) is 3. The van der Waals surface area contributed by atoms with Gasteiger partial charge in [0, 0.05) is 18.1 Å². The van der Waals surface area contributed by atoms with Crippen LogP contribution in [0.3, 0.4) is 0 Å². The van der Waals surface area contributed by atoms with E-state index in [0.717, 1.165) is 11.1 Å². The van der Waals surface area contributed by atoms with Gasteiger partial charge in [-0.1, -0.05) is 55.8 Å². The first-order valence-electron chi connectivity index (χ1n) is 9.86. The van der Waals surface area contributed by atoms with Crippen molar-refractivity contribution in [1.29, 1.82) is 0 Å².